The topological polar surface area (TPSA) is 26.0 Å². The molecule has 15 heavy (non-hydrogen) atoms. The van der Waals surface area contributed by atoms with Crippen LogP contribution in [0.2, 0.25) is 5.02 Å². The van der Waals surface area contributed by atoms with Gasteiger partial charge in [0.05, 0.1) is 0 Å². The first-order valence-electron chi connectivity index (χ1n) is 5.50. The van der Waals surface area contributed by atoms with Crippen LogP contribution in [-0.2, 0) is 11.8 Å². The first-order chi connectivity index (χ1) is 7.01. The molecule has 1 aromatic carbocycles. The Morgan fingerprint density at radius 3 is 2.47 bits per heavy atom. The molecule has 2 heteroatoms. The Labute approximate surface area is 97.6 Å². The van der Waals surface area contributed by atoms with Crippen molar-refractivity contribution < 1.29 is 0 Å². The fourth-order valence-electron chi connectivity index (χ4n) is 1.56. The molecule has 1 aromatic rings. The van der Waals surface area contributed by atoms with Gasteiger partial charge in [0.25, 0.3) is 0 Å². The smallest absolute Gasteiger partial charge is 0.0440 e. The van der Waals surface area contributed by atoms with Crippen LogP contribution >= 0.6 is 11.6 Å². The lowest BCUT2D eigenvalue weighted by molar-refractivity contribution is 0.539. The second kappa shape index (κ2) is 5.00. The quantitative estimate of drug-likeness (QED) is 0.834. The Morgan fingerprint density at radius 1 is 1.33 bits per heavy atom. The zero-order chi connectivity index (χ0) is 11.5. The zero-order valence-electron chi connectivity index (χ0n) is 9.81. The number of nitrogens with two attached hydrogens (primary N) is 1. The van der Waals surface area contributed by atoms with Gasteiger partial charge in [0.1, 0.15) is 0 Å². The minimum Gasteiger partial charge on any atom is -0.330 e. The molecule has 0 atom stereocenters. The van der Waals surface area contributed by atoms with Gasteiger partial charge >= 0.3 is 0 Å². The minimum absolute atomic E-state index is 0.00832. The van der Waals surface area contributed by atoms with E-state index in [1.165, 1.54) is 11.1 Å². The van der Waals surface area contributed by atoms with E-state index in [2.05, 4.69) is 39.0 Å². The zero-order valence-corrected chi connectivity index (χ0v) is 10.6. The van der Waals surface area contributed by atoms with Crippen molar-refractivity contribution in [1.29, 1.82) is 0 Å². The third-order valence-electron chi connectivity index (χ3n) is 2.86. The number of rotatable bonds is 4. The van der Waals surface area contributed by atoms with E-state index in [9.17, 15) is 0 Å². The summed E-state index contributed by atoms with van der Waals surface area (Å²) in [6.45, 7) is 7.07. The molecule has 1 nitrogen and oxygen atoms in total. The van der Waals surface area contributed by atoms with Crippen molar-refractivity contribution in [1.82, 2.24) is 0 Å². The number of benzene rings is 1. The van der Waals surface area contributed by atoms with Gasteiger partial charge in [0, 0.05) is 17.0 Å². The highest BCUT2D eigenvalue weighted by molar-refractivity contribution is 6.31. The van der Waals surface area contributed by atoms with Crippen molar-refractivity contribution in [3.05, 3.63) is 34.3 Å². The van der Waals surface area contributed by atoms with Crippen LogP contribution in [0.1, 0.15) is 38.3 Å². The van der Waals surface area contributed by atoms with Crippen molar-refractivity contribution in [2.75, 3.05) is 6.54 Å². The lowest BCUT2D eigenvalue weighted by Gasteiger charge is -2.23. The van der Waals surface area contributed by atoms with E-state index in [-0.39, 0.29) is 5.41 Å². The van der Waals surface area contributed by atoms with Gasteiger partial charge in [-0.05, 0) is 23.6 Å². The van der Waals surface area contributed by atoms with Gasteiger partial charge in [0.15, 0.2) is 0 Å². The van der Waals surface area contributed by atoms with Crippen LogP contribution in [0.4, 0.5) is 0 Å². The molecule has 0 radical (unpaired) electrons. The minimum atomic E-state index is 0.00832. The van der Waals surface area contributed by atoms with Crippen LogP contribution < -0.4 is 5.73 Å². The van der Waals surface area contributed by atoms with E-state index in [1.54, 1.807) is 0 Å². The predicted octanol–water partition coefficient (Wildman–Crippen LogP) is 3.53. The summed E-state index contributed by atoms with van der Waals surface area (Å²) in [7, 11) is 0. The summed E-state index contributed by atoms with van der Waals surface area (Å²) in [6.07, 6.45) is 2.17. The van der Waals surface area contributed by atoms with Crippen molar-refractivity contribution in [2.24, 2.45) is 5.73 Å². The highest BCUT2D eigenvalue weighted by Crippen LogP contribution is 2.27. The van der Waals surface area contributed by atoms with Crippen molar-refractivity contribution >= 4 is 11.6 Å². The molecule has 0 fully saturated rings. The normalized spacial score (nSPS) is 11.8. The van der Waals surface area contributed by atoms with Crippen LogP contribution in [-0.4, -0.2) is 6.54 Å². The van der Waals surface area contributed by atoms with Crippen LogP contribution in [0, 0.1) is 0 Å². The van der Waals surface area contributed by atoms with Crippen molar-refractivity contribution in [3.8, 4) is 0 Å². The molecule has 2 N–H and O–H groups in total. The predicted molar refractivity (Wildman–Crippen MR) is 67.5 cm³/mol. The van der Waals surface area contributed by atoms with Gasteiger partial charge in [-0.15, -0.1) is 0 Å². The Hall–Kier alpha value is -0.530. The van der Waals surface area contributed by atoms with Gasteiger partial charge < -0.3 is 5.73 Å². The summed E-state index contributed by atoms with van der Waals surface area (Å²) in [5.41, 5.74) is 8.20. The van der Waals surface area contributed by atoms with Gasteiger partial charge in [0.2, 0.25) is 0 Å². The lowest BCUT2D eigenvalue weighted by atomic mass is 9.84. The summed E-state index contributed by atoms with van der Waals surface area (Å²) >= 11 is 6.23. The maximum atomic E-state index is 6.23. The Bertz CT molecular complexity index is 331. The molecule has 0 heterocycles. The third-order valence-corrected chi connectivity index (χ3v) is 3.22. The highest BCUT2D eigenvalue weighted by atomic mass is 35.5. The highest BCUT2D eigenvalue weighted by Gasteiger charge is 2.19. The fourth-order valence-corrected chi connectivity index (χ4v) is 1.83. The monoisotopic (exact) mass is 225 g/mol. The standard InChI is InChI=1S/C13H20ClN/c1-4-5-10-6-7-11(8-12(10)14)13(2,3)9-15/h6-8H,4-5,9,15H2,1-3H3. The second-order valence-electron chi connectivity index (χ2n) is 4.64. The first kappa shape index (κ1) is 12.5. The maximum Gasteiger partial charge on any atom is 0.0440 e. The molecule has 0 bridgehead atoms. The van der Waals surface area contributed by atoms with Crippen LogP contribution in [0.3, 0.4) is 0 Å². The third kappa shape index (κ3) is 2.96. The molecule has 0 aliphatic carbocycles. The lowest BCUT2D eigenvalue weighted by Crippen LogP contribution is -2.28. The first-order valence-corrected chi connectivity index (χ1v) is 5.88. The summed E-state index contributed by atoms with van der Waals surface area (Å²) in [5, 5.41) is 0.871. The van der Waals surface area contributed by atoms with Gasteiger partial charge in [-0.3, -0.25) is 0 Å². The molecular formula is C13H20ClN. The summed E-state index contributed by atoms with van der Waals surface area (Å²) in [4.78, 5) is 0. The van der Waals surface area contributed by atoms with Crippen molar-refractivity contribution in [3.63, 3.8) is 0 Å². The van der Waals surface area contributed by atoms with E-state index in [0.717, 1.165) is 17.9 Å². The van der Waals surface area contributed by atoms with Gasteiger partial charge in [-0.1, -0.05) is 50.9 Å². The number of aryl methyl sites for hydroxylation is 1. The summed E-state index contributed by atoms with van der Waals surface area (Å²) in [6, 6.07) is 6.32. The average molecular weight is 226 g/mol. The number of halogens is 1. The summed E-state index contributed by atoms with van der Waals surface area (Å²) < 4.78 is 0. The van der Waals surface area contributed by atoms with E-state index < -0.39 is 0 Å². The molecule has 0 aromatic heterocycles. The van der Waals surface area contributed by atoms with E-state index in [0.29, 0.717) is 6.54 Å². The van der Waals surface area contributed by atoms with Gasteiger partial charge in [-0.25, -0.2) is 0 Å². The molecule has 84 valence electrons. The Kier molecular flexibility index (Phi) is 4.18. The van der Waals surface area contributed by atoms with E-state index in [1.807, 2.05) is 0 Å². The molecular weight excluding hydrogens is 206 g/mol. The number of hydrogen-bond donors (Lipinski definition) is 1. The van der Waals surface area contributed by atoms with Crippen LogP contribution in [0.5, 0.6) is 0 Å². The fraction of sp³-hybridized carbons (Fsp3) is 0.538. The van der Waals surface area contributed by atoms with Gasteiger partial charge in [-0.2, -0.15) is 0 Å². The van der Waals surface area contributed by atoms with E-state index in [4.69, 9.17) is 17.3 Å². The molecule has 0 aliphatic rings. The molecule has 0 unspecified atom stereocenters. The molecule has 1 rings (SSSR count). The largest absolute Gasteiger partial charge is 0.330 e. The second-order valence-corrected chi connectivity index (χ2v) is 5.05. The maximum absolute atomic E-state index is 6.23. The SMILES string of the molecule is CCCc1ccc(C(C)(C)CN)cc1Cl. The molecule has 0 aliphatic heterocycles. The van der Waals surface area contributed by atoms with Crippen molar-refractivity contribution in [2.45, 2.75) is 39.0 Å². The van der Waals surface area contributed by atoms with E-state index >= 15 is 0 Å². The molecule has 0 saturated carbocycles. The van der Waals surface area contributed by atoms with Crippen LogP contribution in [0.15, 0.2) is 18.2 Å². The molecule has 0 amide bonds. The average Bonchev–Trinajstić information content (AvgIpc) is 2.21. The summed E-state index contributed by atoms with van der Waals surface area (Å²) in [5.74, 6) is 0. The molecule has 0 spiro atoms. The molecule has 0 saturated heterocycles. The number of hydrogen-bond acceptors (Lipinski definition) is 1. The Balaban J connectivity index is 3.01. The Morgan fingerprint density at radius 2 is 2.00 bits per heavy atom. The van der Waals surface area contributed by atoms with Crippen LogP contribution in [0.25, 0.3) is 0 Å².